The molecule has 0 aliphatic rings. The summed E-state index contributed by atoms with van der Waals surface area (Å²) in [5.74, 6) is 0.461. The molecule has 0 saturated carbocycles. The van der Waals surface area contributed by atoms with Crippen molar-refractivity contribution in [2.45, 2.75) is 39.2 Å². The molecule has 0 aliphatic heterocycles. The van der Waals surface area contributed by atoms with Gasteiger partial charge in [-0.3, -0.25) is 4.79 Å². The Labute approximate surface area is 163 Å². The SMILES string of the molecule is CCC(C)NC(=O)CCN(CCOC)c1nc(Cc2ccc(F)cc2)ns1. The summed E-state index contributed by atoms with van der Waals surface area (Å²) >= 11 is 1.30. The zero-order valence-corrected chi connectivity index (χ0v) is 16.9. The average molecular weight is 395 g/mol. The second kappa shape index (κ2) is 10.9. The minimum atomic E-state index is -0.257. The standard InChI is InChI=1S/C19H27FN4O2S/c1-4-14(2)21-18(25)9-10-24(11-12-26-3)19-22-17(23-27-19)13-15-5-7-16(20)8-6-15/h5-8,14H,4,9-13H2,1-3H3,(H,21,25). The first-order valence-electron chi connectivity index (χ1n) is 9.12. The largest absolute Gasteiger partial charge is 0.383 e. The van der Waals surface area contributed by atoms with Crippen molar-refractivity contribution >= 4 is 22.6 Å². The second-order valence-corrected chi connectivity index (χ2v) is 7.13. The van der Waals surface area contributed by atoms with E-state index in [0.717, 1.165) is 17.1 Å². The summed E-state index contributed by atoms with van der Waals surface area (Å²) in [4.78, 5) is 18.7. The van der Waals surface area contributed by atoms with Crippen molar-refractivity contribution in [2.75, 3.05) is 31.7 Å². The number of nitrogens with zero attached hydrogens (tertiary/aromatic N) is 3. The van der Waals surface area contributed by atoms with Gasteiger partial charge in [-0.2, -0.15) is 4.37 Å². The minimum absolute atomic E-state index is 0.0304. The van der Waals surface area contributed by atoms with Gasteiger partial charge in [-0.1, -0.05) is 19.1 Å². The number of carbonyl (C=O) groups excluding carboxylic acids is 1. The maximum Gasteiger partial charge on any atom is 0.221 e. The third-order valence-corrected chi connectivity index (χ3v) is 5.01. The zero-order chi connectivity index (χ0) is 19.6. The third kappa shape index (κ3) is 7.22. The lowest BCUT2D eigenvalue weighted by molar-refractivity contribution is -0.121. The number of halogens is 1. The Hall–Kier alpha value is -2.06. The van der Waals surface area contributed by atoms with Gasteiger partial charge in [0.25, 0.3) is 0 Å². The predicted molar refractivity (Wildman–Crippen MR) is 106 cm³/mol. The van der Waals surface area contributed by atoms with Crippen LogP contribution in [-0.2, 0) is 16.0 Å². The molecule has 27 heavy (non-hydrogen) atoms. The Morgan fingerprint density at radius 1 is 1.33 bits per heavy atom. The number of methoxy groups -OCH3 is 1. The molecule has 1 aromatic heterocycles. The van der Waals surface area contributed by atoms with Crippen molar-refractivity contribution in [2.24, 2.45) is 0 Å². The molecule has 6 nitrogen and oxygen atoms in total. The van der Waals surface area contributed by atoms with Crippen LogP contribution in [0.25, 0.3) is 0 Å². The fraction of sp³-hybridized carbons (Fsp3) is 0.526. The van der Waals surface area contributed by atoms with Crippen LogP contribution in [-0.4, -0.2) is 48.1 Å². The van der Waals surface area contributed by atoms with Gasteiger partial charge in [0, 0.05) is 50.6 Å². The Morgan fingerprint density at radius 2 is 2.07 bits per heavy atom. The number of hydrogen-bond donors (Lipinski definition) is 1. The van der Waals surface area contributed by atoms with Gasteiger partial charge < -0.3 is 15.0 Å². The summed E-state index contributed by atoms with van der Waals surface area (Å²) in [6.07, 6.45) is 1.84. The number of amides is 1. The van der Waals surface area contributed by atoms with Gasteiger partial charge in [0.2, 0.25) is 11.0 Å². The third-order valence-electron chi connectivity index (χ3n) is 4.20. The molecule has 2 aromatic rings. The number of carbonyl (C=O) groups is 1. The monoisotopic (exact) mass is 394 g/mol. The Balaban J connectivity index is 1.97. The molecule has 0 fully saturated rings. The smallest absolute Gasteiger partial charge is 0.221 e. The van der Waals surface area contributed by atoms with Crippen LogP contribution in [0.15, 0.2) is 24.3 Å². The van der Waals surface area contributed by atoms with Gasteiger partial charge in [-0.15, -0.1) is 0 Å². The highest BCUT2D eigenvalue weighted by molar-refractivity contribution is 7.09. The van der Waals surface area contributed by atoms with Gasteiger partial charge >= 0.3 is 0 Å². The lowest BCUT2D eigenvalue weighted by Gasteiger charge is -2.21. The van der Waals surface area contributed by atoms with Crippen LogP contribution < -0.4 is 10.2 Å². The van der Waals surface area contributed by atoms with Crippen molar-refractivity contribution in [3.05, 3.63) is 41.5 Å². The van der Waals surface area contributed by atoms with E-state index in [1.807, 2.05) is 18.7 Å². The van der Waals surface area contributed by atoms with E-state index in [0.29, 0.717) is 38.4 Å². The van der Waals surface area contributed by atoms with E-state index in [2.05, 4.69) is 14.7 Å². The normalized spacial score (nSPS) is 12.0. The summed E-state index contributed by atoms with van der Waals surface area (Å²) in [7, 11) is 1.65. The maximum atomic E-state index is 13.0. The van der Waals surface area contributed by atoms with E-state index in [4.69, 9.17) is 4.74 Å². The average Bonchev–Trinajstić information content (AvgIpc) is 3.12. The fourth-order valence-electron chi connectivity index (χ4n) is 2.42. The number of aromatic nitrogens is 2. The van der Waals surface area contributed by atoms with Crippen molar-refractivity contribution in [1.82, 2.24) is 14.7 Å². The molecule has 148 valence electrons. The Bertz CT molecular complexity index is 708. The fourth-order valence-corrected chi connectivity index (χ4v) is 3.16. The van der Waals surface area contributed by atoms with Crippen molar-refractivity contribution < 1.29 is 13.9 Å². The number of ether oxygens (including phenoxy) is 1. The summed E-state index contributed by atoms with van der Waals surface area (Å²) in [5, 5.41) is 3.74. The lowest BCUT2D eigenvalue weighted by Crippen LogP contribution is -2.36. The first kappa shape index (κ1) is 21.2. The van der Waals surface area contributed by atoms with Crippen LogP contribution >= 0.6 is 11.5 Å². The Kier molecular flexibility index (Phi) is 8.60. The molecule has 1 N–H and O–H groups in total. The van der Waals surface area contributed by atoms with E-state index in [1.165, 1.54) is 23.7 Å². The number of anilines is 1. The van der Waals surface area contributed by atoms with Crippen LogP contribution in [0.3, 0.4) is 0 Å². The molecule has 0 saturated heterocycles. The topological polar surface area (TPSA) is 67.4 Å². The summed E-state index contributed by atoms with van der Waals surface area (Å²) < 4.78 is 22.6. The van der Waals surface area contributed by atoms with Crippen LogP contribution in [0, 0.1) is 5.82 Å². The van der Waals surface area contributed by atoms with E-state index < -0.39 is 0 Å². The summed E-state index contributed by atoms with van der Waals surface area (Å²) in [5.41, 5.74) is 0.956. The maximum absolute atomic E-state index is 13.0. The molecule has 0 radical (unpaired) electrons. The van der Waals surface area contributed by atoms with Gasteiger partial charge in [0.15, 0.2) is 0 Å². The Morgan fingerprint density at radius 3 is 2.74 bits per heavy atom. The van der Waals surface area contributed by atoms with Gasteiger partial charge in [-0.05, 0) is 31.0 Å². The first-order chi connectivity index (χ1) is 13.0. The second-order valence-electron chi connectivity index (χ2n) is 6.40. The molecule has 0 bridgehead atoms. The highest BCUT2D eigenvalue weighted by Gasteiger charge is 2.15. The van der Waals surface area contributed by atoms with Gasteiger partial charge in [-0.25, -0.2) is 9.37 Å². The minimum Gasteiger partial charge on any atom is -0.383 e. The molecule has 8 heteroatoms. The summed E-state index contributed by atoms with van der Waals surface area (Å²) in [6, 6.07) is 6.51. The van der Waals surface area contributed by atoms with E-state index in [1.54, 1.807) is 19.2 Å². The van der Waals surface area contributed by atoms with E-state index in [9.17, 15) is 9.18 Å². The van der Waals surface area contributed by atoms with Crippen molar-refractivity contribution in [3.8, 4) is 0 Å². The van der Waals surface area contributed by atoms with E-state index >= 15 is 0 Å². The van der Waals surface area contributed by atoms with Crippen LogP contribution in [0.1, 0.15) is 38.1 Å². The number of benzene rings is 1. The zero-order valence-electron chi connectivity index (χ0n) is 16.1. The molecule has 1 heterocycles. The van der Waals surface area contributed by atoms with Crippen molar-refractivity contribution in [1.29, 1.82) is 0 Å². The lowest BCUT2D eigenvalue weighted by atomic mass is 10.1. The number of nitrogens with one attached hydrogen (secondary N) is 1. The first-order valence-corrected chi connectivity index (χ1v) is 9.89. The van der Waals surface area contributed by atoms with Gasteiger partial charge in [0.05, 0.1) is 6.61 Å². The van der Waals surface area contributed by atoms with E-state index in [-0.39, 0.29) is 17.8 Å². The molecule has 1 aromatic carbocycles. The molecule has 1 atom stereocenters. The van der Waals surface area contributed by atoms with Gasteiger partial charge in [0.1, 0.15) is 11.6 Å². The number of rotatable bonds is 11. The predicted octanol–water partition coefficient (Wildman–Crippen LogP) is 3.03. The molecule has 0 aliphatic carbocycles. The number of hydrogen-bond acceptors (Lipinski definition) is 6. The quantitative estimate of drug-likeness (QED) is 0.635. The van der Waals surface area contributed by atoms with Crippen LogP contribution in [0.4, 0.5) is 9.52 Å². The molecule has 0 spiro atoms. The molecular weight excluding hydrogens is 367 g/mol. The van der Waals surface area contributed by atoms with Crippen molar-refractivity contribution in [3.63, 3.8) is 0 Å². The highest BCUT2D eigenvalue weighted by Crippen LogP contribution is 2.19. The van der Waals surface area contributed by atoms with Crippen LogP contribution in [0.2, 0.25) is 0 Å². The summed E-state index contributed by atoms with van der Waals surface area (Å²) in [6.45, 7) is 5.77. The van der Waals surface area contributed by atoms with Crippen LogP contribution in [0.5, 0.6) is 0 Å². The highest BCUT2D eigenvalue weighted by atomic mass is 32.1. The molecule has 1 unspecified atom stereocenters. The molecule has 1 amide bonds. The molecular formula is C19H27FN4O2S. The molecule has 2 rings (SSSR count).